The molecule has 0 aromatic rings. The molecule has 0 saturated carbocycles. The fraction of sp³-hybridized carbons (Fsp3) is 0.727. The number of rotatable bonds is 4. The highest BCUT2D eigenvalue weighted by Crippen LogP contribution is 2.20. The van der Waals surface area contributed by atoms with Gasteiger partial charge in [0.05, 0.1) is 12.6 Å². The summed E-state index contributed by atoms with van der Waals surface area (Å²) in [5.41, 5.74) is 0. The smallest absolute Gasteiger partial charge is 0.226 e. The highest BCUT2D eigenvalue weighted by atomic mass is 16.3. The zero-order valence-electron chi connectivity index (χ0n) is 8.78. The maximum absolute atomic E-state index is 11.9. The lowest BCUT2D eigenvalue weighted by molar-refractivity contribution is -0.136. The summed E-state index contributed by atoms with van der Waals surface area (Å²) in [6.45, 7) is 6.43. The number of amides is 1. The molecule has 1 N–H and O–H groups in total. The number of carbonyl (C=O) groups is 1. The Morgan fingerprint density at radius 3 is 3.07 bits per heavy atom. The van der Waals surface area contributed by atoms with E-state index in [1.807, 2.05) is 11.8 Å². The van der Waals surface area contributed by atoms with Crippen molar-refractivity contribution in [2.24, 2.45) is 5.92 Å². The first kappa shape index (κ1) is 11.2. The molecule has 1 amide bonds. The van der Waals surface area contributed by atoms with E-state index in [0.717, 1.165) is 19.4 Å². The molecule has 0 bridgehead atoms. The van der Waals surface area contributed by atoms with Crippen LogP contribution in [0.15, 0.2) is 12.7 Å². The first-order chi connectivity index (χ1) is 6.70. The molecule has 0 radical (unpaired) electrons. The Hall–Kier alpha value is -0.830. The van der Waals surface area contributed by atoms with E-state index in [2.05, 4.69) is 6.58 Å². The van der Waals surface area contributed by atoms with Crippen LogP contribution in [0, 0.1) is 5.92 Å². The zero-order chi connectivity index (χ0) is 10.6. The van der Waals surface area contributed by atoms with E-state index >= 15 is 0 Å². The third kappa shape index (κ3) is 2.35. The highest BCUT2D eigenvalue weighted by molar-refractivity contribution is 5.79. The largest absolute Gasteiger partial charge is 0.394 e. The Morgan fingerprint density at radius 2 is 2.50 bits per heavy atom. The van der Waals surface area contributed by atoms with Crippen LogP contribution in [0.25, 0.3) is 0 Å². The van der Waals surface area contributed by atoms with Gasteiger partial charge in [-0.2, -0.15) is 0 Å². The van der Waals surface area contributed by atoms with Crippen LogP contribution in [0.1, 0.15) is 26.2 Å². The van der Waals surface area contributed by atoms with Crippen molar-refractivity contribution >= 4 is 5.91 Å². The predicted octanol–water partition coefficient (Wildman–Crippen LogP) is 1.18. The van der Waals surface area contributed by atoms with Crippen LogP contribution in [0.5, 0.6) is 0 Å². The minimum absolute atomic E-state index is 0.000324. The highest BCUT2D eigenvalue weighted by Gasteiger charge is 2.30. The number of hydrogen-bond acceptors (Lipinski definition) is 2. The van der Waals surface area contributed by atoms with Crippen molar-refractivity contribution in [3.8, 4) is 0 Å². The Balaban J connectivity index is 2.54. The summed E-state index contributed by atoms with van der Waals surface area (Å²) < 4.78 is 0. The molecular formula is C11H19NO2. The molecule has 0 aromatic heterocycles. The SMILES string of the molecule is C=CCC(C)C(=O)N1CCCC1CO. The van der Waals surface area contributed by atoms with Gasteiger partial charge >= 0.3 is 0 Å². The van der Waals surface area contributed by atoms with Gasteiger partial charge in [-0.1, -0.05) is 13.0 Å². The fourth-order valence-corrected chi connectivity index (χ4v) is 1.95. The summed E-state index contributed by atoms with van der Waals surface area (Å²) >= 11 is 0. The average molecular weight is 197 g/mol. The standard InChI is InChI=1S/C11H19NO2/c1-3-5-9(2)11(14)12-7-4-6-10(12)8-13/h3,9-10,13H,1,4-8H2,2H3. The molecule has 3 nitrogen and oxygen atoms in total. The lowest BCUT2D eigenvalue weighted by atomic mass is 10.1. The molecule has 1 saturated heterocycles. The minimum atomic E-state index is -0.000324. The van der Waals surface area contributed by atoms with Crippen molar-refractivity contribution in [3.05, 3.63) is 12.7 Å². The van der Waals surface area contributed by atoms with Crippen molar-refractivity contribution in [1.29, 1.82) is 0 Å². The van der Waals surface area contributed by atoms with Crippen LogP contribution in [0.4, 0.5) is 0 Å². The lowest BCUT2D eigenvalue weighted by Gasteiger charge is -2.25. The third-order valence-electron chi connectivity index (χ3n) is 2.81. The topological polar surface area (TPSA) is 40.5 Å². The normalized spacial score (nSPS) is 23.6. The van der Waals surface area contributed by atoms with E-state index in [9.17, 15) is 4.79 Å². The molecule has 80 valence electrons. The van der Waals surface area contributed by atoms with E-state index in [1.165, 1.54) is 0 Å². The van der Waals surface area contributed by atoms with Crippen LogP contribution >= 0.6 is 0 Å². The van der Waals surface area contributed by atoms with Crippen molar-refractivity contribution in [3.63, 3.8) is 0 Å². The van der Waals surface area contributed by atoms with Gasteiger partial charge in [0.15, 0.2) is 0 Å². The molecule has 2 unspecified atom stereocenters. The van der Waals surface area contributed by atoms with Gasteiger partial charge in [-0.25, -0.2) is 0 Å². The van der Waals surface area contributed by atoms with Gasteiger partial charge in [-0.3, -0.25) is 4.79 Å². The summed E-state index contributed by atoms with van der Waals surface area (Å²) in [5.74, 6) is 0.154. The monoisotopic (exact) mass is 197 g/mol. The maximum atomic E-state index is 11.9. The number of aliphatic hydroxyl groups is 1. The second-order valence-corrected chi connectivity index (χ2v) is 3.94. The van der Waals surface area contributed by atoms with Gasteiger partial charge in [0, 0.05) is 12.5 Å². The van der Waals surface area contributed by atoms with E-state index in [1.54, 1.807) is 6.08 Å². The lowest BCUT2D eigenvalue weighted by Crippen LogP contribution is -2.40. The van der Waals surface area contributed by atoms with Crippen LogP contribution < -0.4 is 0 Å². The van der Waals surface area contributed by atoms with E-state index in [0.29, 0.717) is 6.42 Å². The molecule has 1 rings (SSSR count). The van der Waals surface area contributed by atoms with Gasteiger partial charge < -0.3 is 10.0 Å². The number of allylic oxidation sites excluding steroid dienone is 1. The predicted molar refractivity (Wildman–Crippen MR) is 55.8 cm³/mol. The van der Waals surface area contributed by atoms with E-state index < -0.39 is 0 Å². The number of aliphatic hydroxyl groups excluding tert-OH is 1. The summed E-state index contributed by atoms with van der Waals surface area (Å²) in [7, 11) is 0. The average Bonchev–Trinajstić information content (AvgIpc) is 2.64. The second kappa shape index (κ2) is 5.15. The Labute approximate surface area is 85.4 Å². The number of carbonyl (C=O) groups excluding carboxylic acids is 1. The van der Waals surface area contributed by atoms with Crippen molar-refractivity contribution in [1.82, 2.24) is 4.90 Å². The molecule has 3 heteroatoms. The first-order valence-electron chi connectivity index (χ1n) is 5.23. The molecule has 1 fully saturated rings. The zero-order valence-corrected chi connectivity index (χ0v) is 8.78. The van der Waals surface area contributed by atoms with Crippen molar-refractivity contribution in [2.45, 2.75) is 32.2 Å². The second-order valence-electron chi connectivity index (χ2n) is 3.94. The summed E-state index contributed by atoms with van der Waals surface area (Å²) in [4.78, 5) is 13.7. The number of likely N-dealkylation sites (tertiary alicyclic amines) is 1. The van der Waals surface area contributed by atoms with Gasteiger partial charge in [-0.05, 0) is 19.3 Å². The van der Waals surface area contributed by atoms with Gasteiger partial charge in [0.1, 0.15) is 0 Å². The maximum Gasteiger partial charge on any atom is 0.226 e. The van der Waals surface area contributed by atoms with Crippen LogP contribution in [-0.4, -0.2) is 35.1 Å². The van der Waals surface area contributed by atoms with E-state index in [-0.39, 0.29) is 24.5 Å². The Bertz CT molecular complexity index is 215. The molecule has 1 aliphatic rings. The molecule has 1 aliphatic heterocycles. The number of nitrogens with zero attached hydrogens (tertiary/aromatic N) is 1. The van der Waals surface area contributed by atoms with Gasteiger partial charge in [-0.15, -0.1) is 6.58 Å². The molecule has 0 spiro atoms. The quantitative estimate of drug-likeness (QED) is 0.687. The Morgan fingerprint density at radius 1 is 1.79 bits per heavy atom. The molecular weight excluding hydrogens is 178 g/mol. The molecule has 14 heavy (non-hydrogen) atoms. The summed E-state index contributed by atoms with van der Waals surface area (Å²) in [6.07, 6.45) is 4.43. The van der Waals surface area contributed by atoms with Gasteiger partial charge in [0.2, 0.25) is 5.91 Å². The molecule has 1 heterocycles. The summed E-state index contributed by atoms with van der Waals surface area (Å²) in [5, 5.41) is 9.08. The van der Waals surface area contributed by atoms with Crippen LogP contribution in [-0.2, 0) is 4.79 Å². The van der Waals surface area contributed by atoms with Crippen LogP contribution in [0.2, 0.25) is 0 Å². The van der Waals surface area contributed by atoms with Gasteiger partial charge in [0.25, 0.3) is 0 Å². The van der Waals surface area contributed by atoms with Crippen molar-refractivity contribution < 1.29 is 9.90 Å². The summed E-state index contributed by atoms with van der Waals surface area (Å²) in [6, 6.07) is 0.0507. The molecule has 0 aliphatic carbocycles. The van der Waals surface area contributed by atoms with Crippen molar-refractivity contribution in [2.75, 3.05) is 13.2 Å². The molecule has 2 atom stereocenters. The first-order valence-corrected chi connectivity index (χ1v) is 5.23. The Kier molecular flexibility index (Phi) is 4.14. The van der Waals surface area contributed by atoms with Crippen LogP contribution in [0.3, 0.4) is 0 Å². The minimum Gasteiger partial charge on any atom is -0.394 e. The molecule has 0 aromatic carbocycles. The number of hydrogen-bond donors (Lipinski definition) is 1. The van der Waals surface area contributed by atoms with E-state index in [4.69, 9.17) is 5.11 Å². The third-order valence-corrected chi connectivity index (χ3v) is 2.81. The fourth-order valence-electron chi connectivity index (χ4n) is 1.95.